The van der Waals surface area contributed by atoms with E-state index in [-0.39, 0.29) is 11.9 Å². The topological polar surface area (TPSA) is 29.1 Å². The molecule has 3 heteroatoms. The van der Waals surface area contributed by atoms with Crippen LogP contribution in [0.3, 0.4) is 0 Å². The highest BCUT2D eigenvalue weighted by Crippen LogP contribution is 2.11. The Morgan fingerprint density at radius 1 is 1.39 bits per heavy atom. The van der Waals surface area contributed by atoms with Crippen LogP contribution in [0.25, 0.3) is 0 Å². The highest BCUT2D eigenvalue weighted by atomic mass is 32.1. The van der Waals surface area contributed by atoms with E-state index >= 15 is 0 Å². The van der Waals surface area contributed by atoms with Gasteiger partial charge in [0.2, 0.25) is 5.91 Å². The molecule has 0 bridgehead atoms. The summed E-state index contributed by atoms with van der Waals surface area (Å²) < 4.78 is 0. The van der Waals surface area contributed by atoms with E-state index < -0.39 is 0 Å². The first-order valence-corrected chi connectivity index (χ1v) is 6.91. The summed E-state index contributed by atoms with van der Waals surface area (Å²) in [4.78, 5) is 11.5. The molecule has 0 fully saturated rings. The Kier molecular flexibility index (Phi) is 6.58. The van der Waals surface area contributed by atoms with Gasteiger partial charge in [-0.25, -0.2) is 0 Å². The minimum absolute atomic E-state index is 0.104. The Labute approximate surface area is 115 Å². The summed E-state index contributed by atoms with van der Waals surface area (Å²) in [5.41, 5.74) is 1.25. The second-order valence-corrected chi connectivity index (χ2v) is 4.93. The Bertz CT molecular complexity index is 377. The number of thiocarbonyl (C=S) groups is 1. The van der Waals surface area contributed by atoms with Crippen molar-refractivity contribution in [2.24, 2.45) is 5.92 Å². The van der Waals surface area contributed by atoms with E-state index in [1.54, 1.807) is 5.37 Å². The predicted octanol–water partition coefficient (Wildman–Crippen LogP) is 3.15. The normalized spacial score (nSPS) is 13.7. The van der Waals surface area contributed by atoms with Crippen molar-refractivity contribution in [3.05, 3.63) is 35.9 Å². The number of hydrogen-bond acceptors (Lipinski definition) is 2. The second-order valence-electron chi connectivity index (χ2n) is 4.66. The molecule has 18 heavy (non-hydrogen) atoms. The average molecular weight is 263 g/mol. The Morgan fingerprint density at radius 3 is 2.61 bits per heavy atom. The van der Waals surface area contributed by atoms with Crippen molar-refractivity contribution in [2.45, 2.75) is 39.2 Å². The summed E-state index contributed by atoms with van der Waals surface area (Å²) in [7, 11) is 0. The summed E-state index contributed by atoms with van der Waals surface area (Å²) in [6.07, 6.45) is 2.28. The van der Waals surface area contributed by atoms with Gasteiger partial charge in [0.1, 0.15) is 0 Å². The van der Waals surface area contributed by atoms with Crippen LogP contribution in [0, 0.1) is 5.92 Å². The van der Waals surface area contributed by atoms with Crippen LogP contribution in [0.4, 0.5) is 0 Å². The Balaban J connectivity index is 2.64. The molecule has 1 aromatic rings. The van der Waals surface area contributed by atoms with Gasteiger partial charge in [0.25, 0.3) is 0 Å². The third-order valence-electron chi connectivity index (χ3n) is 2.90. The van der Waals surface area contributed by atoms with Gasteiger partial charge in [-0.3, -0.25) is 4.79 Å². The molecule has 2 nitrogen and oxygen atoms in total. The van der Waals surface area contributed by atoms with Crippen LogP contribution in [0.15, 0.2) is 30.3 Å². The number of rotatable bonds is 7. The minimum atomic E-state index is 0.104. The largest absolute Gasteiger partial charge is 0.353 e. The van der Waals surface area contributed by atoms with Crippen molar-refractivity contribution in [1.29, 1.82) is 0 Å². The van der Waals surface area contributed by atoms with Crippen LogP contribution in [0.1, 0.15) is 32.3 Å². The standard InChI is InChI=1S/C15H21NOS/c1-3-15(17)16-14(9-12(2)11-18)10-13-7-5-4-6-8-13/h4-8,11-12,14H,3,9-10H2,1-2H3,(H,16,17). The molecule has 1 rings (SSSR count). The lowest BCUT2D eigenvalue weighted by Gasteiger charge is -2.20. The fourth-order valence-electron chi connectivity index (χ4n) is 1.93. The number of hydrogen-bond donors (Lipinski definition) is 1. The van der Waals surface area contributed by atoms with E-state index in [1.807, 2.05) is 25.1 Å². The van der Waals surface area contributed by atoms with E-state index in [2.05, 4.69) is 24.4 Å². The first-order valence-electron chi connectivity index (χ1n) is 6.44. The minimum Gasteiger partial charge on any atom is -0.353 e. The molecule has 2 unspecified atom stereocenters. The fraction of sp³-hybridized carbons (Fsp3) is 0.467. The second kappa shape index (κ2) is 7.98. The molecule has 2 atom stereocenters. The average Bonchev–Trinajstić information content (AvgIpc) is 2.39. The monoisotopic (exact) mass is 263 g/mol. The summed E-state index contributed by atoms with van der Waals surface area (Å²) in [5, 5.41) is 4.85. The molecule has 0 saturated heterocycles. The van der Waals surface area contributed by atoms with E-state index in [4.69, 9.17) is 12.2 Å². The zero-order valence-electron chi connectivity index (χ0n) is 11.1. The van der Waals surface area contributed by atoms with Gasteiger partial charge in [0.05, 0.1) is 0 Å². The van der Waals surface area contributed by atoms with E-state index in [1.165, 1.54) is 5.56 Å². The maximum atomic E-state index is 11.5. The Hall–Kier alpha value is -1.22. The van der Waals surface area contributed by atoms with Crippen LogP contribution >= 0.6 is 12.2 Å². The number of benzene rings is 1. The molecule has 1 N–H and O–H groups in total. The molecule has 0 saturated carbocycles. The maximum absolute atomic E-state index is 11.5. The summed E-state index contributed by atoms with van der Waals surface area (Å²) >= 11 is 4.96. The van der Waals surface area contributed by atoms with Gasteiger partial charge in [-0.2, -0.15) is 0 Å². The van der Waals surface area contributed by atoms with Crippen LogP contribution < -0.4 is 5.32 Å². The fourth-order valence-corrected chi connectivity index (χ4v) is 2.04. The number of carbonyl (C=O) groups excluding carboxylic acids is 1. The van der Waals surface area contributed by atoms with Crippen LogP contribution in [0.2, 0.25) is 0 Å². The predicted molar refractivity (Wildman–Crippen MR) is 79.8 cm³/mol. The van der Waals surface area contributed by atoms with Gasteiger partial charge in [-0.05, 0) is 29.7 Å². The number of nitrogens with one attached hydrogen (secondary N) is 1. The maximum Gasteiger partial charge on any atom is 0.219 e. The quantitative estimate of drug-likeness (QED) is 0.766. The van der Waals surface area contributed by atoms with Crippen molar-refractivity contribution in [2.75, 3.05) is 0 Å². The molecule has 0 spiro atoms. The molecule has 0 aliphatic carbocycles. The highest BCUT2D eigenvalue weighted by molar-refractivity contribution is 7.79. The van der Waals surface area contributed by atoms with Crippen molar-refractivity contribution >= 4 is 23.5 Å². The molecule has 0 aliphatic rings. The number of carbonyl (C=O) groups is 1. The molecule has 0 aliphatic heterocycles. The molecule has 0 heterocycles. The first kappa shape index (κ1) is 14.8. The molecule has 0 radical (unpaired) electrons. The van der Waals surface area contributed by atoms with Crippen LogP contribution in [0.5, 0.6) is 0 Å². The third-order valence-corrected chi connectivity index (χ3v) is 3.36. The molecule has 98 valence electrons. The van der Waals surface area contributed by atoms with Gasteiger partial charge < -0.3 is 5.32 Å². The van der Waals surface area contributed by atoms with Gasteiger partial charge >= 0.3 is 0 Å². The molecular weight excluding hydrogens is 242 g/mol. The summed E-state index contributed by atoms with van der Waals surface area (Å²) in [5.74, 6) is 0.443. The molecule has 0 aromatic heterocycles. The smallest absolute Gasteiger partial charge is 0.219 e. The summed E-state index contributed by atoms with van der Waals surface area (Å²) in [6, 6.07) is 10.4. The SMILES string of the molecule is CCC(=O)NC(Cc1ccccc1)CC(C)C=S. The van der Waals surface area contributed by atoms with E-state index in [0.29, 0.717) is 12.3 Å². The lowest BCUT2D eigenvalue weighted by Crippen LogP contribution is -2.37. The van der Waals surface area contributed by atoms with Gasteiger partial charge in [0.15, 0.2) is 0 Å². The van der Waals surface area contributed by atoms with Crippen molar-refractivity contribution < 1.29 is 4.79 Å². The van der Waals surface area contributed by atoms with E-state index in [9.17, 15) is 4.79 Å². The van der Waals surface area contributed by atoms with Gasteiger partial charge in [-0.15, -0.1) is 0 Å². The van der Waals surface area contributed by atoms with Crippen LogP contribution in [-0.4, -0.2) is 17.3 Å². The third kappa shape index (κ3) is 5.41. The lowest BCUT2D eigenvalue weighted by atomic mass is 9.97. The van der Waals surface area contributed by atoms with Crippen molar-refractivity contribution in [1.82, 2.24) is 5.32 Å². The van der Waals surface area contributed by atoms with Crippen molar-refractivity contribution in [3.63, 3.8) is 0 Å². The van der Waals surface area contributed by atoms with Crippen LogP contribution in [-0.2, 0) is 11.2 Å². The molecule has 1 amide bonds. The molecule has 1 aromatic carbocycles. The lowest BCUT2D eigenvalue weighted by molar-refractivity contribution is -0.121. The zero-order chi connectivity index (χ0) is 13.4. The highest BCUT2D eigenvalue weighted by Gasteiger charge is 2.14. The zero-order valence-corrected chi connectivity index (χ0v) is 11.9. The van der Waals surface area contributed by atoms with Gasteiger partial charge in [0, 0.05) is 12.5 Å². The molecular formula is C15H21NOS. The number of amides is 1. The van der Waals surface area contributed by atoms with Gasteiger partial charge in [-0.1, -0.05) is 56.4 Å². The summed E-state index contributed by atoms with van der Waals surface area (Å²) in [6.45, 7) is 3.96. The van der Waals surface area contributed by atoms with Crippen molar-refractivity contribution in [3.8, 4) is 0 Å². The Morgan fingerprint density at radius 2 is 2.06 bits per heavy atom. The van der Waals surface area contributed by atoms with E-state index in [0.717, 1.165) is 12.8 Å². The first-order chi connectivity index (χ1) is 8.65.